The van der Waals surface area contributed by atoms with Gasteiger partial charge in [0.2, 0.25) is 0 Å². The lowest BCUT2D eigenvalue weighted by Crippen LogP contribution is -2.46. The van der Waals surface area contributed by atoms with E-state index >= 15 is 0 Å². The molecule has 0 saturated carbocycles. The van der Waals surface area contributed by atoms with Crippen LogP contribution in [-0.4, -0.2) is 30.6 Å². The highest BCUT2D eigenvalue weighted by Crippen LogP contribution is 2.25. The molecule has 1 saturated heterocycles. The summed E-state index contributed by atoms with van der Waals surface area (Å²) in [4.78, 5) is 2.67. The monoisotopic (exact) mass is 274 g/mol. The van der Waals surface area contributed by atoms with Crippen LogP contribution in [0, 0.1) is 12.8 Å². The van der Waals surface area contributed by atoms with Gasteiger partial charge in [-0.2, -0.15) is 0 Å². The maximum atomic E-state index is 3.66. The van der Waals surface area contributed by atoms with Crippen LogP contribution in [0.1, 0.15) is 50.8 Å². The van der Waals surface area contributed by atoms with Crippen molar-refractivity contribution in [2.45, 2.75) is 52.6 Å². The number of benzene rings is 1. The van der Waals surface area contributed by atoms with Crippen molar-refractivity contribution < 1.29 is 0 Å². The van der Waals surface area contributed by atoms with E-state index < -0.39 is 0 Å². The highest BCUT2D eigenvalue weighted by Gasteiger charge is 2.26. The van der Waals surface area contributed by atoms with E-state index in [-0.39, 0.29) is 0 Å². The first-order valence-corrected chi connectivity index (χ1v) is 8.15. The average Bonchev–Trinajstić information content (AvgIpc) is 2.44. The molecule has 2 nitrogen and oxygen atoms in total. The molecule has 112 valence electrons. The van der Waals surface area contributed by atoms with Gasteiger partial charge in [-0.3, -0.25) is 4.90 Å². The molecule has 1 aliphatic heterocycles. The van der Waals surface area contributed by atoms with E-state index in [1.807, 2.05) is 0 Å². The topological polar surface area (TPSA) is 15.3 Å². The maximum Gasteiger partial charge on any atom is 0.0449 e. The zero-order chi connectivity index (χ0) is 14.5. The van der Waals surface area contributed by atoms with Gasteiger partial charge in [0.25, 0.3) is 0 Å². The van der Waals surface area contributed by atoms with Crippen molar-refractivity contribution in [2.75, 3.05) is 19.6 Å². The molecule has 0 aliphatic carbocycles. The molecule has 0 aromatic heterocycles. The molecule has 0 radical (unpaired) electrons. The summed E-state index contributed by atoms with van der Waals surface area (Å²) in [6.45, 7) is 12.5. The molecule has 3 atom stereocenters. The first-order chi connectivity index (χ1) is 9.61. The molecule has 0 spiro atoms. The molecule has 3 unspecified atom stereocenters. The Morgan fingerprint density at radius 2 is 1.95 bits per heavy atom. The lowest BCUT2D eigenvalue weighted by Gasteiger charge is -2.40. The number of hydrogen-bond acceptors (Lipinski definition) is 2. The predicted molar refractivity (Wildman–Crippen MR) is 87.0 cm³/mol. The number of piperidine rings is 1. The Morgan fingerprint density at radius 1 is 1.25 bits per heavy atom. The van der Waals surface area contributed by atoms with Crippen molar-refractivity contribution in [3.8, 4) is 0 Å². The van der Waals surface area contributed by atoms with Gasteiger partial charge in [-0.15, -0.1) is 0 Å². The van der Waals surface area contributed by atoms with Gasteiger partial charge in [0.1, 0.15) is 0 Å². The molecular formula is C18H30N2. The smallest absolute Gasteiger partial charge is 0.0449 e. The molecule has 0 amide bonds. The van der Waals surface area contributed by atoms with Crippen molar-refractivity contribution in [1.82, 2.24) is 10.2 Å². The van der Waals surface area contributed by atoms with Crippen molar-refractivity contribution >= 4 is 0 Å². The van der Waals surface area contributed by atoms with Gasteiger partial charge in [-0.25, -0.2) is 0 Å². The largest absolute Gasteiger partial charge is 0.309 e. The molecule has 1 aliphatic rings. The summed E-state index contributed by atoms with van der Waals surface area (Å²) < 4.78 is 0. The predicted octanol–water partition coefficient (Wildman–Crippen LogP) is 3.77. The third-order valence-corrected chi connectivity index (χ3v) is 4.85. The standard InChI is InChI=1S/C18H30N2/c1-5-19-18(17-10-8-14(2)9-11-17)13-20-12-6-7-15(3)16(20)4/h8-11,15-16,18-19H,5-7,12-13H2,1-4H3. The van der Waals surface area contributed by atoms with Gasteiger partial charge in [-0.1, -0.05) is 43.7 Å². The molecular weight excluding hydrogens is 244 g/mol. The Balaban J connectivity index is 2.06. The first kappa shape index (κ1) is 15.5. The number of rotatable bonds is 5. The summed E-state index contributed by atoms with van der Waals surface area (Å²) in [6.07, 6.45) is 2.73. The van der Waals surface area contributed by atoms with Crippen LogP contribution in [0.3, 0.4) is 0 Å². The SMILES string of the molecule is CCNC(CN1CCCC(C)C1C)c1ccc(C)cc1. The molecule has 1 heterocycles. The van der Waals surface area contributed by atoms with Gasteiger partial charge >= 0.3 is 0 Å². The normalized spacial score (nSPS) is 25.6. The summed E-state index contributed by atoms with van der Waals surface area (Å²) in [6, 6.07) is 10.2. The van der Waals surface area contributed by atoms with Crippen LogP contribution in [0.5, 0.6) is 0 Å². The van der Waals surface area contributed by atoms with Gasteiger partial charge in [0, 0.05) is 18.6 Å². The van der Waals surface area contributed by atoms with Crippen LogP contribution in [0.4, 0.5) is 0 Å². The Bertz CT molecular complexity index is 398. The number of hydrogen-bond donors (Lipinski definition) is 1. The number of likely N-dealkylation sites (N-methyl/N-ethyl adjacent to an activating group) is 1. The van der Waals surface area contributed by atoms with Crippen LogP contribution in [0.15, 0.2) is 24.3 Å². The fraction of sp³-hybridized carbons (Fsp3) is 0.667. The molecule has 1 N–H and O–H groups in total. The summed E-state index contributed by atoms with van der Waals surface area (Å²) in [5.41, 5.74) is 2.76. The summed E-state index contributed by atoms with van der Waals surface area (Å²) in [7, 11) is 0. The van der Waals surface area contributed by atoms with Crippen LogP contribution in [-0.2, 0) is 0 Å². The highest BCUT2D eigenvalue weighted by molar-refractivity contribution is 5.24. The molecule has 1 aromatic carbocycles. The van der Waals surface area contributed by atoms with Crippen molar-refractivity contribution in [2.24, 2.45) is 5.92 Å². The van der Waals surface area contributed by atoms with Crippen LogP contribution < -0.4 is 5.32 Å². The summed E-state index contributed by atoms with van der Waals surface area (Å²) >= 11 is 0. The zero-order valence-corrected chi connectivity index (χ0v) is 13.5. The fourth-order valence-corrected chi connectivity index (χ4v) is 3.25. The van der Waals surface area contributed by atoms with E-state index in [9.17, 15) is 0 Å². The minimum absolute atomic E-state index is 0.452. The Morgan fingerprint density at radius 3 is 2.60 bits per heavy atom. The molecule has 20 heavy (non-hydrogen) atoms. The second-order valence-electron chi connectivity index (χ2n) is 6.38. The molecule has 2 rings (SSSR count). The van der Waals surface area contributed by atoms with Crippen LogP contribution in [0.25, 0.3) is 0 Å². The number of likely N-dealkylation sites (tertiary alicyclic amines) is 1. The minimum Gasteiger partial charge on any atom is -0.309 e. The van der Waals surface area contributed by atoms with Gasteiger partial charge < -0.3 is 5.32 Å². The van der Waals surface area contributed by atoms with E-state index in [1.54, 1.807) is 0 Å². The van der Waals surface area contributed by atoms with E-state index in [1.165, 1.54) is 30.5 Å². The number of aryl methyl sites for hydroxylation is 1. The quantitative estimate of drug-likeness (QED) is 0.879. The van der Waals surface area contributed by atoms with Gasteiger partial charge in [-0.05, 0) is 51.3 Å². The second kappa shape index (κ2) is 7.24. The molecule has 2 heteroatoms. The van der Waals surface area contributed by atoms with Crippen molar-refractivity contribution in [1.29, 1.82) is 0 Å². The molecule has 0 bridgehead atoms. The van der Waals surface area contributed by atoms with Crippen LogP contribution >= 0.6 is 0 Å². The molecule has 1 fully saturated rings. The highest BCUT2D eigenvalue weighted by atomic mass is 15.2. The Labute approximate surface area is 124 Å². The van der Waals surface area contributed by atoms with Gasteiger partial charge in [0.05, 0.1) is 0 Å². The lowest BCUT2D eigenvalue weighted by atomic mass is 9.91. The second-order valence-corrected chi connectivity index (χ2v) is 6.38. The van der Waals surface area contributed by atoms with Crippen molar-refractivity contribution in [3.05, 3.63) is 35.4 Å². The minimum atomic E-state index is 0.452. The van der Waals surface area contributed by atoms with Crippen molar-refractivity contribution in [3.63, 3.8) is 0 Å². The Hall–Kier alpha value is -0.860. The van der Waals surface area contributed by atoms with Crippen LogP contribution in [0.2, 0.25) is 0 Å². The number of nitrogens with one attached hydrogen (secondary N) is 1. The maximum absolute atomic E-state index is 3.66. The van der Waals surface area contributed by atoms with Gasteiger partial charge in [0.15, 0.2) is 0 Å². The Kier molecular flexibility index (Phi) is 5.62. The fourth-order valence-electron chi connectivity index (χ4n) is 3.25. The third-order valence-electron chi connectivity index (χ3n) is 4.85. The average molecular weight is 274 g/mol. The summed E-state index contributed by atoms with van der Waals surface area (Å²) in [5.74, 6) is 0.823. The van der Waals surface area contributed by atoms with E-state index in [0.29, 0.717) is 12.1 Å². The zero-order valence-electron chi connectivity index (χ0n) is 13.5. The van der Waals surface area contributed by atoms with E-state index in [0.717, 1.165) is 19.0 Å². The first-order valence-electron chi connectivity index (χ1n) is 8.15. The number of nitrogens with zero attached hydrogens (tertiary/aromatic N) is 1. The third kappa shape index (κ3) is 3.83. The molecule has 1 aromatic rings. The lowest BCUT2D eigenvalue weighted by molar-refractivity contribution is 0.102. The van der Waals surface area contributed by atoms with E-state index in [2.05, 4.69) is 62.2 Å². The van der Waals surface area contributed by atoms with E-state index in [4.69, 9.17) is 0 Å². The summed E-state index contributed by atoms with van der Waals surface area (Å²) in [5, 5.41) is 3.66.